The summed E-state index contributed by atoms with van der Waals surface area (Å²) in [7, 11) is 3.33. The summed E-state index contributed by atoms with van der Waals surface area (Å²) in [6.45, 7) is 3.27. The zero-order valence-corrected chi connectivity index (χ0v) is 14.0. The van der Waals surface area contributed by atoms with Crippen LogP contribution in [0.1, 0.15) is 35.2 Å². The van der Waals surface area contributed by atoms with Crippen LogP contribution in [0.4, 0.5) is 0 Å². The predicted octanol–water partition coefficient (Wildman–Crippen LogP) is 2.01. The lowest BCUT2D eigenvalue weighted by Gasteiger charge is -2.56. The maximum Gasteiger partial charge on any atom is 0.253 e. The van der Waals surface area contributed by atoms with E-state index in [1.807, 2.05) is 30.0 Å². The number of rotatable bonds is 3. The summed E-state index contributed by atoms with van der Waals surface area (Å²) in [4.78, 5) is 14.6. The Kier molecular flexibility index (Phi) is 4.34. The SMILES string of the molecule is COc1ccc(C(=O)N2CCC3(CC2)[C@H](O)C[C@@H]3OC)cc1C. The maximum absolute atomic E-state index is 12.7. The van der Waals surface area contributed by atoms with Gasteiger partial charge in [0.15, 0.2) is 0 Å². The van der Waals surface area contributed by atoms with E-state index in [2.05, 4.69) is 0 Å². The van der Waals surface area contributed by atoms with Crippen molar-refractivity contribution < 1.29 is 19.4 Å². The van der Waals surface area contributed by atoms with Gasteiger partial charge in [-0.1, -0.05) is 0 Å². The molecule has 126 valence electrons. The number of aliphatic hydroxyl groups excluding tert-OH is 1. The van der Waals surface area contributed by atoms with E-state index < -0.39 is 0 Å². The van der Waals surface area contributed by atoms with Crippen LogP contribution in [0.25, 0.3) is 0 Å². The molecule has 23 heavy (non-hydrogen) atoms. The Bertz CT molecular complexity index is 593. The number of aryl methyl sites for hydroxylation is 1. The average molecular weight is 319 g/mol. The first-order valence-electron chi connectivity index (χ1n) is 8.16. The minimum atomic E-state index is -0.298. The smallest absolute Gasteiger partial charge is 0.253 e. The van der Waals surface area contributed by atoms with Crippen LogP contribution < -0.4 is 4.74 Å². The lowest BCUT2D eigenvalue weighted by atomic mass is 9.58. The summed E-state index contributed by atoms with van der Waals surface area (Å²) in [5.41, 5.74) is 1.50. The maximum atomic E-state index is 12.7. The quantitative estimate of drug-likeness (QED) is 0.926. The van der Waals surface area contributed by atoms with Crippen molar-refractivity contribution in [1.82, 2.24) is 4.90 Å². The fourth-order valence-corrected chi connectivity index (χ4v) is 4.03. The van der Waals surface area contributed by atoms with Crippen molar-refractivity contribution in [2.24, 2.45) is 5.41 Å². The zero-order valence-electron chi connectivity index (χ0n) is 14.0. The highest BCUT2D eigenvalue weighted by Gasteiger charge is 2.56. The molecule has 1 saturated carbocycles. The molecule has 2 aliphatic rings. The van der Waals surface area contributed by atoms with Crippen LogP contribution in [-0.4, -0.2) is 55.4 Å². The molecule has 1 aliphatic heterocycles. The van der Waals surface area contributed by atoms with Crippen molar-refractivity contribution in [3.63, 3.8) is 0 Å². The molecule has 1 amide bonds. The molecule has 1 aliphatic carbocycles. The first kappa shape index (κ1) is 16.3. The number of hydrogen-bond acceptors (Lipinski definition) is 4. The van der Waals surface area contributed by atoms with Gasteiger partial charge in [0.2, 0.25) is 0 Å². The molecule has 2 fully saturated rings. The second kappa shape index (κ2) is 6.13. The van der Waals surface area contributed by atoms with Gasteiger partial charge in [0, 0.05) is 37.6 Å². The van der Waals surface area contributed by atoms with Gasteiger partial charge in [0.1, 0.15) is 5.75 Å². The van der Waals surface area contributed by atoms with E-state index in [0.29, 0.717) is 25.1 Å². The van der Waals surface area contributed by atoms with E-state index in [1.54, 1.807) is 14.2 Å². The van der Waals surface area contributed by atoms with Gasteiger partial charge in [-0.3, -0.25) is 4.79 Å². The fourth-order valence-electron chi connectivity index (χ4n) is 4.03. The lowest BCUT2D eigenvalue weighted by Crippen LogP contribution is -2.62. The topological polar surface area (TPSA) is 59.0 Å². The number of ether oxygens (including phenoxy) is 2. The van der Waals surface area contributed by atoms with Crippen LogP contribution in [0.5, 0.6) is 5.75 Å². The number of likely N-dealkylation sites (tertiary alicyclic amines) is 1. The summed E-state index contributed by atoms with van der Waals surface area (Å²) in [5.74, 6) is 0.841. The number of aliphatic hydroxyl groups is 1. The van der Waals surface area contributed by atoms with Gasteiger partial charge in [-0.2, -0.15) is 0 Å². The second-order valence-electron chi connectivity index (χ2n) is 6.69. The molecule has 0 bridgehead atoms. The van der Waals surface area contributed by atoms with E-state index in [4.69, 9.17) is 9.47 Å². The normalized spacial score (nSPS) is 26.0. The molecule has 1 saturated heterocycles. The van der Waals surface area contributed by atoms with Crippen molar-refractivity contribution in [1.29, 1.82) is 0 Å². The largest absolute Gasteiger partial charge is 0.496 e. The molecule has 1 aromatic rings. The average Bonchev–Trinajstić information content (AvgIpc) is 2.58. The number of hydrogen-bond donors (Lipinski definition) is 1. The number of nitrogens with zero attached hydrogens (tertiary/aromatic N) is 1. The van der Waals surface area contributed by atoms with Gasteiger partial charge in [0.25, 0.3) is 5.91 Å². The third-order valence-corrected chi connectivity index (χ3v) is 5.65. The van der Waals surface area contributed by atoms with Crippen LogP contribution in [0.3, 0.4) is 0 Å². The highest BCUT2D eigenvalue weighted by molar-refractivity contribution is 5.94. The summed E-state index contributed by atoms with van der Waals surface area (Å²) >= 11 is 0. The van der Waals surface area contributed by atoms with Crippen molar-refractivity contribution >= 4 is 5.91 Å². The van der Waals surface area contributed by atoms with E-state index in [0.717, 1.165) is 24.2 Å². The summed E-state index contributed by atoms with van der Waals surface area (Å²) in [6.07, 6.45) is 2.13. The van der Waals surface area contributed by atoms with Gasteiger partial charge in [-0.25, -0.2) is 0 Å². The number of methoxy groups -OCH3 is 2. The second-order valence-corrected chi connectivity index (χ2v) is 6.69. The highest BCUT2D eigenvalue weighted by atomic mass is 16.5. The standard InChI is InChI=1S/C18H25NO4/c1-12-10-13(4-5-14(12)22-2)17(21)19-8-6-18(7-9-19)15(20)11-16(18)23-3/h4-5,10,15-16,20H,6-9,11H2,1-3H3/t15-,16+/m1/s1. The Morgan fingerprint density at radius 1 is 1.30 bits per heavy atom. The predicted molar refractivity (Wildman–Crippen MR) is 86.7 cm³/mol. The molecule has 1 spiro atoms. The summed E-state index contributed by atoms with van der Waals surface area (Å²) < 4.78 is 10.7. The Morgan fingerprint density at radius 2 is 2.00 bits per heavy atom. The molecule has 1 N–H and O–H groups in total. The molecule has 0 radical (unpaired) electrons. The summed E-state index contributed by atoms with van der Waals surface area (Å²) in [5, 5.41) is 10.2. The molecular weight excluding hydrogens is 294 g/mol. The van der Waals surface area contributed by atoms with E-state index in [9.17, 15) is 9.90 Å². The van der Waals surface area contributed by atoms with Crippen molar-refractivity contribution in [2.45, 2.75) is 38.4 Å². The fraction of sp³-hybridized carbons (Fsp3) is 0.611. The summed E-state index contributed by atoms with van der Waals surface area (Å²) in [6, 6.07) is 5.53. The molecule has 5 nitrogen and oxygen atoms in total. The van der Waals surface area contributed by atoms with Crippen LogP contribution in [0.2, 0.25) is 0 Å². The molecular formula is C18H25NO4. The molecule has 3 rings (SSSR count). The van der Waals surface area contributed by atoms with Gasteiger partial charge in [-0.15, -0.1) is 0 Å². The molecule has 2 atom stereocenters. The van der Waals surface area contributed by atoms with Crippen molar-refractivity contribution in [3.8, 4) is 5.75 Å². The molecule has 1 heterocycles. The molecule has 5 heteroatoms. The van der Waals surface area contributed by atoms with Crippen molar-refractivity contribution in [3.05, 3.63) is 29.3 Å². The Morgan fingerprint density at radius 3 is 2.52 bits per heavy atom. The number of carbonyl (C=O) groups is 1. The van der Waals surface area contributed by atoms with Crippen LogP contribution in [0.15, 0.2) is 18.2 Å². The molecule has 0 unspecified atom stereocenters. The van der Waals surface area contributed by atoms with Gasteiger partial charge >= 0.3 is 0 Å². The van der Waals surface area contributed by atoms with Crippen molar-refractivity contribution in [2.75, 3.05) is 27.3 Å². The first-order valence-corrected chi connectivity index (χ1v) is 8.16. The van der Waals surface area contributed by atoms with Gasteiger partial charge < -0.3 is 19.5 Å². The first-order chi connectivity index (χ1) is 11.0. The highest BCUT2D eigenvalue weighted by Crippen LogP contribution is 2.50. The van der Waals surface area contributed by atoms with E-state index in [1.165, 1.54) is 0 Å². The Labute approximate surface area is 137 Å². The third kappa shape index (κ3) is 2.62. The Hall–Kier alpha value is -1.59. The number of piperidine rings is 1. The number of amides is 1. The van der Waals surface area contributed by atoms with Crippen LogP contribution in [0, 0.1) is 12.3 Å². The van der Waals surface area contributed by atoms with E-state index >= 15 is 0 Å². The zero-order chi connectivity index (χ0) is 16.6. The van der Waals surface area contributed by atoms with Crippen LogP contribution >= 0.6 is 0 Å². The van der Waals surface area contributed by atoms with Gasteiger partial charge in [-0.05, 0) is 43.5 Å². The molecule has 0 aromatic heterocycles. The molecule has 1 aromatic carbocycles. The van der Waals surface area contributed by atoms with E-state index in [-0.39, 0.29) is 23.5 Å². The lowest BCUT2D eigenvalue weighted by molar-refractivity contribution is -0.199. The minimum Gasteiger partial charge on any atom is -0.496 e. The Balaban J connectivity index is 1.68. The monoisotopic (exact) mass is 319 g/mol. The minimum absolute atomic E-state index is 0.0494. The number of benzene rings is 1. The third-order valence-electron chi connectivity index (χ3n) is 5.65. The van der Waals surface area contributed by atoms with Crippen LogP contribution in [-0.2, 0) is 4.74 Å². The van der Waals surface area contributed by atoms with Gasteiger partial charge in [0.05, 0.1) is 19.3 Å². The number of carbonyl (C=O) groups excluding carboxylic acids is 1.